The molecule has 0 unspecified atom stereocenters. The number of carbonyl (C=O) groups excluding carboxylic acids is 3. The number of benzene rings is 1. The number of hydrogen-bond acceptors (Lipinski definition) is 7. The maximum absolute atomic E-state index is 13.5. The van der Waals surface area contributed by atoms with Gasteiger partial charge >= 0.3 is 11.9 Å². The summed E-state index contributed by atoms with van der Waals surface area (Å²) in [6, 6.07) is 10.1. The van der Waals surface area contributed by atoms with E-state index in [1.54, 1.807) is 36.3 Å². The molecule has 2 aliphatic heterocycles. The van der Waals surface area contributed by atoms with Crippen LogP contribution in [0.2, 0.25) is 18.1 Å². The Hall–Kier alpha value is -2.91. The molecule has 8 nitrogen and oxygen atoms in total. The van der Waals surface area contributed by atoms with Crippen LogP contribution in [0.1, 0.15) is 47.1 Å². The van der Waals surface area contributed by atoms with Crippen molar-refractivity contribution in [3.05, 3.63) is 53.3 Å². The molecular weight excluding hydrogens is 502 g/mol. The number of carbonyl (C=O) groups is 3. The van der Waals surface area contributed by atoms with Gasteiger partial charge < -0.3 is 23.5 Å². The molecule has 1 aromatic carbocycles. The summed E-state index contributed by atoms with van der Waals surface area (Å²) in [4.78, 5) is 39.7. The first-order valence-electron chi connectivity index (χ1n) is 13.5. The molecule has 0 saturated carbocycles. The summed E-state index contributed by atoms with van der Waals surface area (Å²) in [7, 11) is -0.327. The third-order valence-corrected chi connectivity index (χ3v) is 12.7. The van der Waals surface area contributed by atoms with Crippen LogP contribution in [0.25, 0.3) is 0 Å². The van der Waals surface area contributed by atoms with E-state index in [-0.39, 0.29) is 54.8 Å². The van der Waals surface area contributed by atoms with Crippen molar-refractivity contribution in [3.8, 4) is 5.75 Å². The molecule has 1 fully saturated rings. The highest BCUT2D eigenvalue weighted by Crippen LogP contribution is 2.49. The van der Waals surface area contributed by atoms with Gasteiger partial charge in [-0.2, -0.15) is 0 Å². The first-order chi connectivity index (χ1) is 18.1. The Labute approximate surface area is 227 Å². The van der Waals surface area contributed by atoms with Gasteiger partial charge in [0.2, 0.25) is 5.91 Å². The number of nitrogens with zero attached hydrogens (tertiary/aromatic N) is 1. The van der Waals surface area contributed by atoms with Crippen molar-refractivity contribution in [2.24, 2.45) is 11.8 Å². The van der Waals surface area contributed by atoms with Gasteiger partial charge in [-0.3, -0.25) is 9.59 Å². The summed E-state index contributed by atoms with van der Waals surface area (Å²) in [5.74, 6) is -0.775. The van der Waals surface area contributed by atoms with E-state index in [0.29, 0.717) is 11.3 Å². The zero-order valence-electron chi connectivity index (χ0n) is 23.6. The quantitative estimate of drug-likeness (QED) is 0.196. The monoisotopic (exact) mass is 543 g/mol. The molecule has 38 heavy (non-hydrogen) atoms. The second-order valence-electron chi connectivity index (χ2n) is 10.0. The Morgan fingerprint density at radius 1 is 1.08 bits per heavy atom. The molecule has 9 heteroatoms. The molecular formula is C29H41NO7Si. The second kappa shape index (κ2) is 12.8. The first kappa shape index (κ1) is 29.6. The van der Waals surface area contributed by atoms with Crippen LogP contribution in [0.15, 0.2) is 47.7 Å². The summed E-state index contributed by atoms with van der Waals surface area (Å²) < 4.78 is 22.5. The van der Waals surface area contributed by atoms with E-state index in [1.807, 2.05) is 26.0 Å². The Morgan fingerprint density at radius 3 is 2.26 bits per heavy atom. The normalized spacial score (nSPS) is 21.8. The van der Waals surface area contributed by atoms with Crippen LogP contribution in [0, 0.1) is 11.8 Å². The maximum Gasteiger partial charge on any atom is 0.355 e. The molecule has 3 rings (SSSR count). The van der Waals surface area contributed by atoms with Crippen LogP contribution in [-0.4, -0.2) is 56.9 Å². The average molecular weight is 544 g/mol. The van der Waals surface area contributed by atoms with E-state index in [2.05, 4.69) is 20.8 Å². The number of amides is 1. The molecule has 4 atom stereocenters. The zero-order chi connectivity index (χ0) is 28.0. The Morgan fingerprint density at radius 2 is 1.71 bits per heavy atom. The minimum absolute atomic E-state index is 0.0679. The van der Waals surface area contributed by atoms with Crippen molar-refractivity contribution in [3.63, 3.8) is 0 Å². The van der Waals surface area contributed by atoms with Crippen molar-refractivity contribution >= 4 is 26.2 Å². The molecule has 0 radical (unpaired) electrons. The highest BCUT2D eigenvalue weighted by atomic mass is 28.4. The van der Waals surface area contributed by atoms with Crippen molar-refractivity contribution in [1.82, 2.24) is 4.90 Å². The van der Waals surface area contributed by atoms with E-state index in [4.69, 9.17) is 18.6 Å². The first-order valence-corrected chi connectivity index (χ1v) is 16.0. The van der Waals surface area contributed by atoms with Crippen molar-refractivity contribution in [2.45, 2.75) is 78.4 Å². The average Bonchev–Trinajstić information content (AvgIpc) is 3.16. The van der Waals surface area contributed by atoms with E-state index < -0.39 is 14.3 Å². The summed E-state index contributed by atoms with van der Waals surface area (Å²) >= 11 is 0. The van der Waals surface area contributed by atoms with Gasteiger partial charge in [0.15, 0.2) is 8.32 Å². The van der Waals surface area contributed by atoms with E-state index in [9.17, 15) is 14.4 Å². The third-order valence-electron chi connectivity index (χ3n) is 7.98. The molecule has 1 saturated heterocycles. The number of rotatable bonds is 13. The van der Waals surface area contributed by atoms with Crippen LogP contribution in [0.4, 0.5) is 0 Å². The molecule has 0 N–H and O–H groups in total. The fourth-order valence-electron chi connectivity index (χ4n) is 5.54. The highest BCUT2D eigenvalue weighted by Gasteiger charge is 2.60. The van der Waals surface area contributed by atoms with Gasteiger partial charge in [-0.05, 0) is 54.4 Å². The lowest BCUT2D eigenvalue weighted by molar-refractivity contribution is -0.163. The number of methoxy groups -OCH3 is 1. The molecule has 0 aromatic heterocycles. The predicted octanol–water partition coefficient (Wildman–Crippen LogP) is 5.00. The number of ether oxygens (including phenoxy) is 3. The van der Waals surface area contributed by atoms with Crippen LogP contribution in [0.3, 0.4) is 0 Å². The van der Waals surface area contributed by atoms with Gasteiger partial charge in [-0.25, -0.2) is 4.79 Å². The summed E-state index contributed by atoms with van der Waals surface area (Å²) in [5, 5.41) is 0. The van der Waals surface area contributed by atoms with Crippen LogP contribution in [0.5, 0.6) is 5.75 Å². The lowest BCUT2D eigenvalue weighted by atomic mass is 9.77. The third kappa shape index (κ3) is 6.04. The van der Waals surface area contributed by atoms with E-state index in [0.717, 1.165) is 23.7 Å². The Balaban J connectivity index is 1.83. The topological polar surface area (TPSA) is 91.4 Å². The molecule has 208 valence electrons. The molecule has 0 aliphatic carbocycles. The number of fused-ring (bicyclic) bond motifs is 1. The van der Waals surface area contributed by atoms with Gasteiger partial charge in [-0.15, -0.1) is 0 Å². The molecule has 2 aliphatic rings. The lowest BCUT2D eigenvalue weighted by Crippen LogP contribution is -2.65. The lowest BCUT2D eigenvalue weighted by Gasteiger charge is -2.49. The fourth-order valence-corrected chi connectivity index (χ4v) is 8.47. The minimum Gasteiger partial charge on any atom is -0.497 e. The van der Waals surface area contributed by atoms with Crippen molar-refractivity contribution in [1.29, 1.82) is 0 Å². The second-order valence-corrected chi connectivity index (χ2v) is 14.7. The fraction of sp³-hybridized carbons (Fsp3) is 0.552. The summed E-state index contributed by atoms with van der Waals surface area (Å²) in [6.45, 7) is 12.0. The van der Waals surface area contributed by atoms with Gasteiger partial charge in [0.25, 0.3) is 0 Å². The SMILES string of the molecule is CC[Si](CC)(CC)O[C@H](C)[C@H]1C(=O)N2C(C(=O)OCc3ccc(OC)cc3)=C(/C=C/COC(C)=O)[C@H](C)[C@H]12. The van der Waals surface area contributed by atoms with E-state index >= 15 is 0 Å². The summed E-state index contributed by atoms with van der Waals surface area (Å²) in [5.41, 5.74) is 1.77. The predicted molar refractivity (Wildman–Crippen MR) is 147 cm³/mol. The number of hydrogen-bond donors (Lipinski definition) is 0. The maximum atomic E-state index is 13.5. The van der Waals surface area contributed by atoms with Gasteiger partial charge in [0, 0.05) is 12.8 Å². The van der Waals surface area contributed by atoms with Crippen molar-refractivity contribution < 1.29 is 33.0 Å². The van der Waals surface area contributed by atoms with Crippen LogP contribution in [-0.2, 0) is 34.9 Å². The molecule has 1 amide bonds. The standard InChI is InChI=1S/C29H41NO7Si/c1-8-38(9-2,10-3)37-20(5)25-26-19(4)24(12-11-17-35-21(6)31)27(30(26)28(25)32)29(33)36-18-22-13-15-23(34-7)16-14-22/h11-16,19-20,25-26H,8-10,17-18H2,1-7H3/b12-11+/t19-,20+,25+,26+/m0/s1. The number of β-lactam (4-membered cyclic amide) rings is 1. The minimum atomic E-state index is -1.92. The molecule has 0 spiro atoms. The largest absolute Gasteiger partial charge is 0.497 e. The van der Waals surface area contributed by atoms with Gasteiger partial charge in [-0.1, -0.05) is 45.9 Å². The summed E-state index contributed by atoms with van der Waals surface area (Å²) in [6.07, 6.45) is 3.23. The molecule has 2 heterocycles. The van der Waals surface area contributed by atoms with Crippen molar-refractivity contribution in [2.75, 3.05) is 13.7 Å². The number of allylic oxidation sites excluding steroid dienone is 1. The van der Waals surface area contributed by atoms with Crippen LogP contribution >= 0.6 is 0 Å². The smallest absolute Gasteiger partial charge is 0.355 e. The molecule has 1 aromatic rings. The number of esters is 2. The zero-order valence-corrected chi connectivity index (χ0v) is 24.6. The van der Waals surface area contributed by atoms with E-state index in [1.165, 1.54) is 6.92 Å². The van der Waals surface area contributed by atoms with Gasteiger partial charge in [0.05, 0.1) is 25.2 Å². The Bertz CT molecular complexity index is 1070. The molecule has 0 bridgehead atoms. The van der Waals surface area contributed by atoms with Gasteiger partial charge in [0.1, 0.15) is 24.7 Å². The Kier molecular flexibility index (Phi) is 9.95. The highest BCUT2D eigenvalue weighted by molar-refractivity contribution is 6.73. The van der Waals surface area contributed by atoms with Crippen LogP contribution < -0.4 is 4.74 Å².